The van der Waals surface area contributed by atoms with Crippen LogP contribution in [0.1, 0.15) is 39.3 Å². The summed E-state index contributed by atoms with van der Waals surface area (Å²) >= 11 is 0. The van der Waals surface area contributed by atoms with Crippen molar-refractivity contribution in [2.24, 2.45) is 5.11 Å². The number of carbonyl (C=O) groups is 2. The molecule has 0 spiro atoms. The summed E-state index contributed by atoms with van der Waals surface area (Å²) in [6.45, 7) is 2.36. The van der Waals surface area contributed by atoms with E-state index in [0.717, 1.165) is 22.2 Å². The number of aromatic amines is 1. The van der Waals surface area contributed by atoms with E-state index in [1.165, 1.54) is 6.07 Å². The SMILES string of the molecule is CCC(C)OC(=O)C(CCC(=O)O)N(Oc1cccc2ccccc12)[PH](=O)OC[C@@]1(N=[N+]=[N-])O[C@@H](n2ccc(=O)[nH]c2=O)[C@H](O)[C@@H]1O. The highest BCUT2D eigenvalue weighted by Crippen LogP contribution is 2.42. The lowest BCUT2D eigenvalue weighted by molar-refractivity contribution is -0.162. The highest BCUT2D eigenvalue weighted by Gasteiger charge is 2.56. The third-order valence-corrected chi connectivity index (χ3v) is 8.50. The van der Waals surface area contributed by atoms with E-state index in [9.17, 15) is 44.6 Å². The van der Waals surface area contributed by atoms with Crippen LogP contribution >= 0.6 is 8.18 Å². The van der Waals surface area contributed by atoms with Gasteiger partial charge >= 0.3 is 17.6 Å². The molecule has 0 saturated carbocycles. The van der Waals surface area contributed by atoms with Crippen molar-refractivity contribution in [2.75, 3.05) is 6.61 Å². The van der Waals surface area contributed by atoms with E-state index in [-0.39, 0.29) is 5.75 Å². The number of aliphatic hydroxyl groups is 2. The molecule has 4 N–H and O–H groups in total. The number of rotatable bonds is 15. The third kappa shape index (κ3) is 8.07. The summed E-state index contributed by atoms with van der Waals surface area (Å²) in [6.07, 6.45) is -5.84. The summed E-state index contributed by atoms with van der Waals surface area (Å²) in [5.74, 6) is -2.10. The van der Waals surface area contributed by atoms with Gasteiger partial charge in [0, 0.05) is 29.0 Å². The number of hydrogen-bond acceptors (Lipinski definition) is 12. The van der Waals surface area contributed by atoms with Crippen molar-refractivity contribution in [2.45, 2.75) is 69.4 Å². The largest absolute Gasteiger partial charge is 0.481 e. The summed E-state index contributed by atoms with van der Waals surface area (Å²) in [7, 11) is -3.81. The van der Waals surface area contributed by atoms with Gasteiger partial charge in [0.2, 0.25) is 5.72 Å². The second-order valence-corrected chi connectivity index (χ2v) is 11.8. The molecule has 0 bridgehead atoms. The monoisotopic (exact) mass is 676 g/mol. The molecule has 0 radical (unpaired) electrons. The van der Waals surface area contributed by atoms with Gasteiger partial charge < -0.3 is 34.2 Å². The molecule has 3 unspecified atom stereocenters. The fraction of sp³-hybridized carbons (Fsp3) is 0.429. The van der Waals surface area contributed by atoms with Crippen LogP contribution in [0.25, 0.3) is 21.2 Å². The molecule has 4 rings (SSSR count). The van der Waals surface area contributed by atoms with E-state index in [1.807, 2.05) is 4.98 Å². The maximum absolute atomic E-state index is 13.9. The number of H-pyrrole nitrogens is 1. The van der Waals surface area contributed by atoms with E-state index < -0.39 is 87.1 Å². The fourth-order valence-electron chi connectivity index (χ4n) is 4.72. The van der Waals surface area contributed by atoms with Gasteiger partial charge in [-0.25, -0.2) is 4.79 Å². The number of hydrogen-bond donors (Lipinski definition) is 4. The molecule has 19 heteroatoms. The number of esters is 1. The van der Waals surface area contributed by atoms with Gasteiger partial charge in [-0.1, -0.05) is 53.3 Å². The lowest BCUT2D eigenvalue weighted by atomic mass is 10.1. The Morgan fingerprint density at radius 3 is 2.62 bits per heavy atom. The average molecular weight is 677 g/mol. The number of benzene rings is 2. The Kier molecular flexibility index (Phi) is 11.5. The number of ether oxygens (including phenoxy) is 2. The molecule has 7 atom stereocenters. The van der Waals surface area contributed by atoms with Crippen molar-refractivity contribution in [3.63, 3.8) is 0 Å². The van der Waals surface area contributed by atoms with Crippen molar-refractivity contribution >= 4 is 30.9 Å². The predicted molar refractivity (Wildman–Crippen MR) is 163 cm³/mol. The van der Waals surface area contributed by atoms with Crippen LogP contribution in [0, 0.1) is 0 Å². The Labute approximate surface area is 266 Å². The summed E-state index contributed by atoms with van der Waals surface area (Å²) < 4.78 is 31.3. The number of aliphatic hydroxyl groups excluding tert-OH is 2. The molecule has 252 valence electrons. The summed E-state index contributed by atoms with van der Waals surface area (Å²) in [4.78, 5) is 60.1. The zero-order valence-electron chi connectivity index (χ0n) is 25.2. The average Bonchev–Trinajstić information content (AvgIpc) is 3.28. The van der Waals surface area contributed by atoms with Gasteiger partial charge in [0.1, 0.15) is 12.2 Å². The number of azide groups is 1. The minimum Gasteiger partial charge on any atom is -0.481 e. The number of aromatic nitrogens is 2. The Bertz CT molecular complexity index is 1790. The molecule has 47 heavy (non-hydrogen) atoms. The highest BCUT2D eigenvalue weighted by molar-refractivity contribution is 7.36. The van der Waals surface area contributed by atoms with Crippen LogP contribution in [0.15, 0.2) is 69.4 Å². The second kappa shape index (κ2) is 15.4. The normalized spacial score (nSPS) is 22.7. The zero-order valence-corrected chi connectivity index (χ0v) is 26.2. The number of carbonyl (C=O) groups excluding carboxylic acids is 1. The lowest BCUT2D eigenvalue weighted by Crippen LogP contribution is -2.46. The van der Waals surface area contributed by atoms with Crippen LogP contribution < -0.4 is 16.1 Å². The van der Waals surface area contributed by atoms with Gasteiger partial charge in [-0.15, -0.1) is 0 Å². The van der Waals surface area contributed by atoms with E-state index in [4.69, 9.17) is 18.8 Å². The maximum Gasteiger partial charge on any atom is 0.330 e. The predicted octanol–water partition coefficient (Wildman–Crippen LogP) is 2.22. The Hall–Kier alpha value is -4.54. The first-order valence-corrected chi connectivity index (χ1v) is 15.6. The number of fused-ring (bicyclic) bond motifs is 1. The molecule has 1 aliphatic rings. The summed E-state index contributed by atoms with van der Waals surface area (Å²) in [5, 5.41) is 35.7. The van der Waals surface area contributed by atoms with Crippen molar-refractivity contribution in [3.8, 4) is 5.75 Å². The van der Waals surface area contributed by atoms with E-state index in [1.54, 1.807) is 50.2 Å². The standard InChI is InChI=1S/C28H33N6O12P/c1-3-16(2)44-26(40)19(11-12-22(36)37)34(46-20-10-6-8-17-7-4-5-9-18(17)20)47(42)43-15-28(31-32-29)24(39)23(38)25(45-28)33-14-13-21(35)30-27(33)41/h4-10,13-14,16,19,23-25,38-39,47H,3,11-12,15H2,1-2H3,(H,36,37)(H,30,35,41)/t16?,19?,23-,24+,25-,28-/m1/s1. The zero-order chi connectivity index (χ0) is 34.3. The molecule has 0 aliphatic carbocycles. The fourth-order valence-corrected chi connectivity index (χ4v) is 5.84. The molecule has 1 fully saturated rings. The molecule has 2 aromatic carbocycles. The Balaban J connectivity index is 1.70. The van der Waals surface area contributed by atoms with Crippen molar-refractivity contribution in [1.29, 1.82) is 0 Å². The minimum atomic E-state index is -3.81. The molecular weight excluding hydrogens is 643 g/mol. The van der Waals surface area contributed by atoms with Crippen LogP contribution in [0.2, 0.25) is 0 Å². The van der Waals surface area contributed by atoms with Crippen molar-refractivity contribution in [1.82, 2.24) is 14.4 Å². The molecule has 3 aromatic rings. The third-order valence-electron chi connectivity index (χ3n) is 7.35. The smallest absolute Gasteiger partial charge is 0.330 e. The van der Waals surface area contributed by atoms with Gasteiger partial charge in [0.25, 0.3) is 13.7 Å². The van der Waals surface area contributed by atoms with Gasteiger partial charge in [-0.3, -0.25) is 28.5 Å². The topological polar surface area (TPSA) is 256 Å². The minimum absolute atomic E-state index is 0.122. The van der Waals surface area contributed by atoms with E-state index >= 15 is 0 Å². The lowest BCUT2D eigenvalue weighted by Gasteiger charge is -2.31. The van der Waals surface area contributed by atoms with Crippen LogP contribution in [0.4, 0.5) is 0 Å². The second-order valence-electron chi connectivity index (χ2n) is 10.5. The molecule has 2 heterocycles. The van der Waals surface area contributed by atoms with Gasteiger partial charge in [-0.05, 0) is 36.7 Å². The van der Waals surface area contributed by atoms with Crippen LogP contribution in [0.3, 0.4) is 0 Å². The van der Waals surface area contributed by atoms with Gasteiger partial charge in [-0.2, -0.15) is 0 Å². The summed E-state index contributed by atoms with van der Waals surface area (Å²) in [6, 6.07) is 11.3. The van der Waals surface area contributed by atoms with E-state index in [2.05, 4.69) is 10.0 Å². The molecular formula is C28H33N6O12P. The number of nitrogens with zero attached hydrogens (tertiary/aromatic N) is 5. The van der Waals surface area contributed by atoms with Crippen LogP contribution in [-0.4, -0.2) is 78.3 Å². The molecule has 1 aromatic heterocycles. The first-order valence-electron chi connectivity index (χ1n) is 14.4. The Morgan fingerprint density at radius 2 is 1.94 bits per heavy atom. The number of aliphatic carboxylic acids is 1. The highest BCUT2D eigenvalue weighted by atomic mass is 31.1. The first-order chi connectivity index (χ1) is 22.4. The molecule has 0 amide bonds. The number of hydroxylamine groups is 1. The maximum atomic E-state index is 13.9. The number of nitrogens with one attached hydrogen (secondary N) is 1. The van der Waals surface area contributed by atoms with Crippen molar-refractivity contribution in [3.05, 3.63) is 86.0 Å². The van der Waals surface area contributed by atoms with Crippen LogP contribution in [-0.2, 0) is 28.2 Å². The first kappa shape index (κ1) is 35.3. The Morgan fingerprint density at radius 1 is 1.21 bits per heavy atom. The van der Waals surface area contributed by atoms with Crippen molar-refractivity contribution < 1.29 is 48.3 Å². The quantitative estimate of drug-likeness (QED) is 0.0450. The molecule has 1 saturated heterocycles. The van der Waals surface area contributed by atoms with Gasteiger partial charge in [0.15, 0.2) is 18.0 Å². The number of carboxylic acid groups (broad SMARTS) is 1. The molecule has 1 aliphatic heterocycles. The van der Waals surface area contributed by atoms with E-state index in [0.29, 0.717) is 16.6 Å². The van der Waals surface area contributed by atoms with Crippen LogP contribution in [0.5, 0.6) is 5.75 Å². The molecule has 18 nitrogen and oxygen atoms in total. The van der Waals surface area contributed by atoms with Gasteiger partial charge in [0.05, 0.1) is 12.7 Å². The number of carboxylic acids is 1. The summed E-state index contributed by atoms with van der Waals surface area (Å²) in [5.41, 5.74) is 5.05.